The van der Waals surface area contributed by atoms with Gasteiger partial charge in [0.1, 0.15) is 5.76 Å². The van der Waals surface area contributed by atoms with Gasteiger partial charge in [0.25, 0.3) is 5.56 Å². The van der Waals surface area contributed by atoms with Gasteiger partial charge in [-0.3, -0.25) is 18.3 Å². The van der Waals surface area contributed by atoms with Gasteiger partial charge < -0.3 is 8.98 Å². The highest BCUT2D eigenvalue weighted by Crippen LogP contribution is 2.18. The molecule has 8 nitrogen and oxygen atoms in total. The minimum Gasteiger partial charge on any atom is -0.467 e. The summed E-state index contributed by atoms with van der Waals surface area (Å²) in [6, 6.07) is 3.72. The molecule has 0 aromatic carbocycles. The molecule has 0 unspecified atom stereocenters. The van der Waals surface area contributed by atoms with Crippen molar-refractivity contribution >= 4 is 16.9 Å². The van der Waals surface area contributed by atoms with E-state index in [1.165, 1.54) is 9.13 Å². The van der Waals surface area contributed by atoms with Crippen LogP contribution in [0.5, 0.6) is 0 Å². The lowest BCUT2D eigenvalue weighted by Gasteiger charge is -2.05. The lowest BCUT2D eigenvalue weighted by atomic mass is 10.4. The van der Waals surface area contributed by atoms with Crippen molar-refractivity contribution in [1.82, 2.24) is 23.1 Å². The molecule has 0 saturated carbocycles. The molecule has 4 aromatic rings. The molecule has 0 aliphatic carbocycles. The molecule has 0 aliphatic heterocycles. The van der Waals surface area contributed by atoms with Gasteiger partial charge in [-0.15, -0.1) is 0 Å². The molecule has 8 heteroatoms. The fourth-order valence-electron chi connectivity index (χ4n) is 3.18. The molecule has 0 N–H and O–H groups in total. The summed E-state index contributed by atoms with van der Waals surface area (Å²) in [7, 11) is 1.63. The molecule has 0 radical (unpaired) electrons. The van der Waals surface area contributed by atoms with Gasteiger partial charge in [0.05, 0.1) is 12.8 Å². The van der Waals surface area contributed by atoms with Gasteiger partial charge in [0.2, 0.25) is 5.78 Å². The minimum absolute atomic E-state index is 0.233. The van der Waals surface area contributed by atoms with Crippen LogP contribution in [-0.4, -0.2) is 23.1 Å². The molecule has 0 amide bonds. The Morgan fingerprint density at radius 2 is 2.08 bits per heavy atom. The highest BCUT2D eigenvalue weighted by atomic mass is 16.3. The largest absolute Gasteiger partial charge is 0.467 e. The maximum Gasteiger partial charge on any atom is 0.332 e. The van der Waals surface area contributed by atoms with E-state index < -0.39 is 0 Å². The van der Waals surface area contributed by atoms with Gasteiger partial charge in [-0.05, 0) is 26.0 Å². The predicted octanol–water partition coefficient (Wildman–Crippen LogP) is 1.68. The van der Waals surface area contributed by atoms with E-state index in [0.717, 1.165) is 11.5 Å². The molecule has 0 atom stereocenters. The summed E-state index contributed by atoms with van der Waals surface area (Å²) in [5.74, 6) is 1.39. The van der Waals surface area contributed by atoms with Crippen molar-refractivity contribution in [2.45, 2.75) is 26.9 Å². The first-order chi connectivity index (χ1) is 12.5. The number of hydrogen-bond acceptors (Lipinski definition) is 4. The van der Waals surface area contributed by atoms with Gasteiger partial charge >= 0.3 is 5.69 Å². The Morgan fingerprint density at radius 3 is 2.77 bits per heavy atom. The number of imidazole rings is 2. The quantitative estimate of drug-likeness (QED) is 0.523. The third-order valence-corrected chi connectivity index (χ3v) is 4.56. The first kappa shape index (κ1) is 16.2. The summed E-state index contributed by atoms with van der Waals surface area (Å²) in [5.41, 5.74) is 0.992. The average Bonchev–Trinajstić information content (AvgIpc) is 3.31. The molecule has 4 aromatic heterocycles. The second kappa shape index (κ2) is 5.91. The Bertz CT molecular complexity index is 1250. The second-order valence-electron chi connectivity index (χ2n) is 6.22. The van der Waals surface area contributed by atoms with Crippen LogP contribution < -0.4 is 11.2 Å². The van der Waals surface area contributed by atoms with E-state index in [1.54, 1.807) is 23.8 Å². The number of rotatable bonds is 4. The number of nitrogens with zero attached hydrogens (tertiary/aromatic N) is 5. The molecule has 4 rings (SSSR count). The van der Waals surface area contributed by atoms with Crippen LogP contribution in [0.4, 0.5) is 0 Å². The van der Waals surface area contributed by atoms with Gasteiger partial charge in [-0.25, -0.2) is 4.79 Å². The van der Waals surface area contributed by atoms with Gasteiger partial charge in [0, 0.05) is 25.5 Å². The Balaban J connectivity index is 2.03. The molecule has 0 saturated heterocycles. The van der Waals surface area contributed by atoms with E-state index in [9.17, 15) is 9.59 Å². The van der Waals surface area contributed by atoms with E-state index >= 15 is 0 Å². The summed E-state index contributed by atoms with van der Waals surface area (Å²) in [6.07, 6.45) is 7.07. The van der Waals surface area contributed by atoms with E-state index in [1.807, 2.05) is 42.8 Å². The topological polar surface area (TPSA) is 79.4 Å². The molecule has 0 spiro atoms. The SMILES string of the molecule is C/C=C\Cn1c(=O)c2c(nc3n(Cc4ccco4)c(C)cn23)n(C)c1=O. The fraction of sp³-hybridized carbons (Fsp3) is 0.278. The number of allylic oxidation sites excluding steroid dienone is 2. The number of furan rings is 1. The zero-order valence-electron chi connectivity index (χ0n) is 14.8. The van der Waals surface area contributed by atoms with Crippen molar-refractivity contribution in [3.05, 3.63) is 69.0 Å². The summed E-state index contributed by atoms with van der Waals surface area (Å²) >= 11 is 0. The highest BCUT2D eigenvalue weighted by Gasteiger charge is 2.20. The smallest absolute Gasteiger partial charge is 0.332 e. The maximum absolute atomic E-state index is 12.9. The molecule has 0 bridgehead atoms. The van der Waals surface area contributed by atoms with Crippen molar-refractivity contribution in [3.8, 4) is 0 Å². The number of aromatic nitrogens is 5. The van der Waals surface area contributed by atoms with Crippen molar-refractivity contribution in [2.24, 2.45) is 7.05 Å². The van der Waals surface area contributed by atoms with Crippen molar-refractivity contribution < 1.29 is 4.42 Å². The molecule has 134 valence electrons. The number of fused-ring (bicyclic) bond motifs is 3. The van der Waals surface area contributed by atoms with Crippen molar-refractivity contribution in [1.29, 1.82) is 0 Å². The Hall–Kier alpha value is -3.29. The third-order valence-electron chi connectivity index (χ3n) is 4.56. The first-order valence-electron chi connectivity index (χ1n) is 8.34. The van der Waals surface area contributed by atoms with Crippen LogP contribution in [0.3, 0.4) is 0 Å². The summed E-state index contributed by atoms with van der Waals surface area (Å²) in [5, 5.41) is 0. The van der Waals surface area contributed by atoms with Crippen LogP contribution in [0.1, 0.15) is 18.4 Å². The van der Waals surface area contributed by atoms with Crippen LogP contribution in [0.15, 0.2) is 50.8 Å². The van der Waals surface area contributed by atoms with E-state index in [2.05, 4.69) is 4.98 Å². The highest BCUT2D eigenvalue weighted by molar-refractivity contribution is 5.75. The Morgan fingerprint density at radius 1 is 1.27 bits per heavy atom. The zero-order chi connectivity index (χ0) is 18.4. The molecule has 0 fully saturated rings. The summed E-state index contributed by atoms with van der Waals surface area (Å²) < 4.78 is 11.8. The molecule has 26 heavy (non-hydrogen) atoms. The number of aryl methyl sites for hydroxylation is 2. The second-order valence-corrected chi connectivity index (χ2v) is 6.22. The number of hydrogen-bond donors (Lipinski definition) is 0. The van der Waals surface area contributed by atoms with Gasteiger partial charge in [-0.2, -0.15) is 4.98 Å². The molecule has 4 heterocycles. The van der Waals surface area contributed by atoms with Crippen LogP contribution in [0.2, 0.25) is 0 Å². The zero-order valence-corrected chi connectivity index (χ0v) is 14.8. The predicted molar refractivity (Wildman–Crippen MR) is 97.6 cm³/mol. The first-order valence-corrected chi connectivity index (χ1v) is 8.34. The maximum atomic E-state index is 12.9. The standard InChI is InChI=1S/C18H19N5O3/c1-4-5-8-21-16(24)14-15(20(3)18(21)25)19-17-22(12(2)10-23(14)17)11-13-7-6-9-26-13/h4-7,9-10H,8,11H2,1-3H3/b5-4-. The Labute approximate surface area is 148 Å². The normalized spacial score (nSPS) is 12.1. The van der Waals surface area contributed by atoms with Crippen molar-refractivity contribution in [3.63, 3.8) is 0 Å². The van der Waals surface area contributed by atoms with Crippen LogP contribution >= 0.6 is 0 Å². The monoisotopic (exact) mass is 353 g/mol. The third kappa shape index (κ3) is 2.26. The van der Waals surface area contributed by atoms with Crippen LogP contribution in [0.25, 0.3) is 16.9 Å². The minimum atomic E-state index is -0.379. The summed E-state index contributed by atoms with van der Waals surface area (Å²) in [4.78, 5) is 30.1. The summed E-state index contributed by atoms with van der Waals surface area (Å²) in [6.45, 7) is 4.53. The average molecular weight is 353 g/mol. The van der Waals surface area contributed by atoms with Crippen LogP contribution in [-0.2, 0) is 20.1 Å². The molecular formula is C18H19N5O3. The lowest BCUT2D eigenvalue weighted by molar-refractivity contribution is 0.494. The van der Waals surface area contributed by atoms with E-state index in [4.69, 9.17) is 4.42 Å². The molecule has 0 aliphatic rings. The van der Waals surface area contributed by atoms with Gasteiger partial charge in [0.15, 0.2) is 11.2 Å². The molecular weight excluding hydrogens is 334 g/mol. The van der Waals surface area contributed by atoms with Gasteiger partial charge in [-0.1, -0.05) is 12.2 Å². The van der Waals surface area contributed by atoms with E-state index in [-0.39, 0.29) is 17.8 Å². The van der Waals surface area contributed by atoms with Crippen molar-refractivity contribution in [2.75, 3.05) is 0 Å². The van der Waals surface area contributed by atoms with E-state index in [0.29, 0.717) is 23.5 Å². The Kier molecular flexibility index (Phi) is 3.68. The fourth-order valence-corrected chi connectivity index (χ4v) is 3.18. The lowest BCUT2D eigenvalue weighted by Crippen LogP contribution is -2.39. The van der Waals surface area contributed by atoms with Crippen LogP contribution in [0, 0.1) is 6.92 Å².